The number of aromatic nitrogens is 1. The number of hydrogen-bond acceptors (Lipinski definition) is 5. The Morgan fingerprint density at radius 3 is 2.82 bits per heavy atom. The molecule has 1 aliphatic rings. The maximum Gasteiger partial charge on any atom is 0.355 e. The quantitative estimate of drug-likeness (QED) is 0.896. The van der Waals surface area contributed by atoms with E-state index in [0.29, 0.717) is 11.3 Å². The van der Waals surface area contributed by atoms with Crippen molar-refractivity contribution in [2.24, 2.45) is 0 Å². The van der Waals surface area contributed by atoms with E-state index < -0.39 is 5.97 Å². The summed E-state index contributed by atoms with van der Waals surface area (Å²) in [5, 5.41) is 10.4. The minimum absolute atomic E-state index is 0.197. The van der Waals surface area contributed by atoms with Gasteiger partial charge in [-0.2, -0.15) is 11.8 Å². The number of anilines is 1. The second-order valence-corrected chi connectivity index (χ2v) is 6.88. The molecule has 17 heavy (non-hydrogen) atoms. The van der Waals surface area contributed by atoms with Crippen LogP contribution in [0.3, 0.4) is 0 Å². The second-order valence-electron chi connectivity index (χ2n) is 4.22. The SMILES string of the molecule is Cc1sc(N2CCSC(C)C2C)nc1C(=O)O. The van der Waals surface area contributed by atoms with Crippen LogP contribution >= 0.6 is 23.1 Å². The summed E-state index contributed by atoms with van der Waals surface area (Å²) in [5.41, 5.74) is 0.197. The highest BCUT2D eigenvalue weighted by Crippen LogP contribution is 2.32. The lowest BCUT2D eigenvalue weighted by Gasteiger charge is -2.37. The third-order valence-corrected chi connectivity index (χ3v) is 5.46. The van der Waals surface area contributed by atoms with Gasteiger partial charge in [0.25, 0.3) is 0 Å². The van der Waals surface area contributed by atoms with Crippen LogP contribution in [0.15, 0.2) is 0 Å². The average Bonchev–Trinajstić information content (AvgIpc) is 2.64. The summed E-state index contributed by atoms with van der Waals surface area (Å²) in [4.78, 5) is 18.2. The molecule has 1 aromatic heterocycles. The smallest absolute Gasteiger partial charge is 0.355 e. The highest BCUT2D eigenvalue weighted by atomic mass is 32.2. The molecule has 0 amide bonds. The Morgan fingerprint density at radius 2 is 2.24 bits per heavy atom. The highest BCUT2D eigenvalue weighted by Gasteiger charge is 2.28. The van der Waals surface area contributed by atoms with Crippen molar-refractivity contribution in [2.45, 2.75) is 32.1 Å². The van der Waals surface area contributed by atoms with Crippen molar-refractivity contribution in [1.29, 1.82) is 0 Å². The molecule has 4 nitrogen and oxygen atoms in total. The summed E-state index contributed by atoms with van der Waals surface area (Å²) < 4.78 is 0. The standard InChI is InChI=1S/C11H16N2O2S2/c1-6-7(2)16-5-4-13(6)11-12-9(10(14)15)8(3)17-11/h6-7H,4-5H2,1-3H3,(H,14,15). The normalized spacial score (nSPS) is 25.0. The lowest BCUT2D eigenvalue weighted by atomic mass is 10.2. The van der Waals surface area contributed by atoms with Crippen molar-refractivity contribution in [1.82, 2.24) is 4.98 Å². The molecule has 0 radical (unpaired) electrons. The molecular weight excluding hydrogens is 256 g/mol. The number of carbonyl (C=O) groups is 1. The minimum Gasteiger partial charge on any atom is -0.476 e. The minimum atomic E-state index is -0.933. The summed E-state index contributed by atoms with van der Waals surface area (Å²) in [5.74, 6) is 0.143. The van der Waals surface area contributed by atoms with E-state index in [1.165, 1.54) is 11.3 Å². The molecule has 6 heteroatoms. The summed E-state index contributed by atoms with van der Waals surface area (Å²) in [6.45, 7) is 7.15. The Morgan fingerprint density at radius 1 is 1.53 bits per heavy atom. The number of carboxylic acids is 1. The predicted molar refractivity (Wildman–Crippen MR) is 72.5 cm³/mol. The molecule has 2 atom stereocenters. The molecule has 1 N–H and O–H groups in total. The summed E-state index contributed by atoms with van der Waals surface area (Å²) in [6.07, 6.45) is 0. The van der Waals surface area contributed by atoms with Crippen LogP contribution in [0.25, 0.3) is 0 Å². The number of thiazole rings is 1. The van der Waals surface area contributed by atoms with Crippen LogP contribution in [0.4, 0.5) is 5.13 Å². The number of aromatic carboxylic acids is 1. The van der Waals surface area contributed by atoms with Gasteiger partial charge in [-0.05, 0) is 13.8 Å². The molecule has 1 aliphatic heterocycles. The number of nitrogens with zero attached hydrogens (tertiary/aromatic N) is 2. The third kappa shape index (κ3) is 2.42. The van der Waals surface area contributed by atoms with Crippen molar-refractivity contribution >= 4 is 34.2 Å². The van der Waals surface area contributed by atoms with E-state index in [4.69, 9.17) is 5.11 Å². The predicted octanol–water partition coefficient (Wildman–Crippen LogP) is 2.48. The molecule has 2 rings (SSSR count). The average molecular weight is 272 g/mol. The van der Waals surface area contributed by atoms with Crippen LogP contribution in [0, 0.1) is 6.92 Å². The second kappa shape index (κ2) is 4.86. The Kier molecular flexibility index (Phi) is 3.63. The van der Waals surface area contributed by atoms with Gasteiger partial charge < -0.3 is 10.0 Å². The Labute approximate surface area is 109 Å². The molecule has 2 heterocycles. The first kappa shape index (κ1) is 12.7. The van der Waals surface area contributed by atoms with Crippen molar-refractivity contribution in [3.8, 4) is 0 Å². The van der Waals surface area contributed by atoms with Crippen LogP contribution in [0.1, 0.15) is 29.2 Å². The molecular formula is C11H16N2O2S2. The number of aryl methyl sites for hydroxylation is 1. The van der Waals surface area contributed by atoms with Gasteiger partial charge in [-0.3, -0.25) is 0 Å². The van der Waals surface area contributed by atoms with Gasteiger partial charge in [0.15, 0.2) is 10.8 Å². The van der Waals surface area contributed by atoms with Crippen molar-refractivity contribution in [2.75, 3.05) is 17.2 Å². The van der Waals surface area contributed by atoms with E-state index in [1.807, 2.05) is 18.7 Å². The van der Waals surface area contributed by atoms with Crippen molar-refractivity contribution in [3.05, 3.63) is 10.6 Å². The Bertz CT molecular complexity index is 433. The largest absolute Gasteiger partial charge is 0.476 e. The fourth-order valence-corrected chi connectivity index (χ4v) is 4.02. The van der Waals surface area contributed by atoms with Gasteiger partial charge in [-0.25, -0.2) is 9.78 Å². The van der Waals surface area contributed by atoms with Crippen LogP contribution in [-0.4, -0.2) is 39.6 Å². The van der Waals surface area contributed by atoms with Gasteiger partial charge in [-0.15, -0.1) is 11.3 Å². The van der Waals surface area contributed by atoms with E-state index in [1.54, 1.807) is 0 Å². The van der Waals surface area contributed by atoms with Gasteiger partial charge in [0.1, 0.15) is 0 Å². The molecule has 1 aromatic rings. The van der Waals surface area contributed by atoms with Gasteiger partial charge in [0.2, 0.25) is 0 Å². The van der Waals surface area contributed by atoms with E-state index in [9.17, 15) is 4.79 Å². The van der Waals surface area contributed by atoms with E-state index in [2.05, 4.69) is 23.7 Å². The summed E-state index contributed by atoms with van der Waals surface area (Å²) in [6, 6.07) is 0.404. The third-order valence-electron chi connectivity index (χ3n) is 3.12. The van der Waals surface area contributed by atoms with E-state index in [-0.39, 0.29) is 5.69 Å². The lowest BCUT2D eigenvalue weighted by molar-refractivity contribution is 0.0690. The number of carboxylic acid groups (broad SMARTS) is 1. The molecule has 2 unspecified atom stereocenters. The molecule has 0 bridgehead atoms. The van der Waals surface area contributed by atoms with Gasteiger partial charge >= 0.3 is 5.97 Å². The number of hydrogen-bond donors (Lipinski definition) is 1. The Balaban J connectivity index is 2.27. The first-order valence-electron chi connectivity index (χ1n) is 5.59. The topological polar surface area (TPSA) is 53.4 Å². The highest BCUT2D eigenvalue weighted by molar-refractivity contribution is 8.00. The van der Waals surface area contributed by atoms with Crippen molar-refractivity contribution in [3.63, 3.8) is 0 Å². The van der Waals surface area contributed by atoms with Gasteiger partial charge in [-0.1, -0.05) is 6.92 Å². The maximum absolute atomic E-state index is 11.0. The zero-order valence-electron chi connectivity index (χ0n) is 10.1. The maximum atomic E-state index is 11.0. The first-order valence-corrected chi connectivity index (χ1v) is 7.46. The summed E-state index contributed by atoms with van der Waals surface area (Å²) in [7, 11) is 0. The molecule has 0 saturated carbocycles. The van der Waals surface area contributed by atoms with Crippen LogP contribution < -0.4 is 4.90 Å². The molecule has 94 valence electrons. The zero-order chi connectivity index (χ0) is 12.6. The fourth-order valence-electron chi connectivity index (χ4n) is 1.91. The van der Waals surface area contributed by atoms with Crippen LogP contribution in [0.2, 0.25) is 0 Å². The van der Waals surface area contributed by atoms with E-state index in [0.717, 1.165) is 22.3 Å². The first-order chi connectivity index (χ1) is 8.00. The monoisotopic (exact) mass is 272 g/mol. The molecule has 0 aromatic carbocycles. The molecule has 1 fully saturated rings. The van der Waals surface area contributed by atoms with Crippen LogP contribution in [-0.2, 0) is 0 Å². The number of thioether (sulfide) groups is 1. The van der Waals surface area contributed by atoms with Gasteiger partial charge in [0, 0.05) is 28.5 Å². The van der Waals surface area contributed by atoms with Crippen LogP contribution in [0.5, 0.6) is 0 Å². The van der Waals surface area contributed by atoms with E-state index >= 15 is 0 Å². The molecule has 0 aliphatic carbocycles. The molecule has 1 saturated heterocycles. The Hall–Kier alpha value is -0.750. The fraction of sp³-hybridized carbons (Fsp3) is 0.636. The molecule has 0 spiro atoms. The van der Waals surface area contributed by atoms with Gasteiger partial charge in [0.05, 0.1) is 0 Å². The summed E-state index contributed by atoms with van der Waals surface area (Å²) >= 11 is 3.44. The van der Waals surface area contributed by atoms with Crippen molar-refractivity contribution < 1.29 is 9.90 Å². The number of rotatable bonds is 2. The lowest BCUT2D eigenvalue weighted by Crippen LogP contribution is -2.44. The zero-order valence-corrected chi connectivity index (χ0v) is 11.8.